The number of hydrogen-bond acceptors (Lipinski definition) is 4. The SMILES string of the molecule is Cc1nn(-c2ccc(C(=O)Nc3cnc4cccnn34)cc2)c(C)c1Cl. The first-order chi connectivity index (χ1) is 12.5. The van der Waals surface area contributed by atoms with E-state index in [9.17, 15) is 4.79 Å². The lowest BCUT2D eigenvalue weighted by atomic mass is 10.2. The topological polar surface area (TPSA) is 77.1 Å². The molecule has 4 rings (SSSR count). The molecule has 0 aliphatic rings. The lowest BCUT2D eigenvalue weighted by Gasteiger charge is -2.07. The molecule has 8 heteroatoms. The zero-order chi connectivity index (χ0) is 18.3. The second-order valence-corrected chi connectivity index (χ2v) is 6.21. The van der Waals surface area contributed by atoms with Crippen LogP contribution in [0.15, 0.2) is 48.8 Å². The molecule has 0 aliphatic carbocycles. The van der Waals surface area contributed by atoms with Gasteiger partial charge in [-0.3, -0.25) is 4.79 Å². The van der Waals surface area contributed by atoms with E-state index in [2.05, 4.69) is 20.5 Å². The summed E-state index contributed by atoms with van der Waals surface area (Å²) < 4.78 is 3.33. The third-order valence-corrected chi connectivity index (χ3v) is 4.64. The molecule has 1 N–H and O–H groups in total. The predicted molar refractivity (Wildman–Crippen MR) is 99.0 cm³/mol. The van der Waals surface area contributed by atoms with Gasteiger partial charge in [0.05, 0.1) is 28.3 Å². The Kier molecular flexibility index (Phi) is 3.93. The van der Waals surface area contributed by atoms with Gasteiger partial charge < -0.3 is 5.32 Å². The number of anilines is 1. The minimum atomic E-state index is -0.240. The summed E-state index contributed by atoms with van der Waals surface area (Å²) in [6, 6.07) is 10.8. The molecule has 3 aromatic heterocycles. The molecule has 0 fully saturated rings. The van der Waals surface area contributed by atoms with E-state index in [0.29, 0.717) is 22.1 Å². The van der Waals surface area contributed by atoms with Gasteiger partial charge in [-0.2, -0.15) is 14.7 Å². The van der Waals surface area contributed by atoms with E-state index < -0.39 is 0 Å². The van der Waals surface area contributed by atoms with Crippen molar-refractivity contribution in [2.75, 3.05) is 5.32 Å². The monoisotopic (exact) mass is 366 g/mol. The van der Waals surface area contributed by atoms with Crippen molar-refractivity contribution in [2.24, 2.45) is 0 Å². The molecule has 3 heterocycles. The molecule has 4 aromatic rings. The maximum atomic E-state index is 12.5. The van der Waals surface area contributed by atoms with Gasteiger partial charge in [-0.05, 0) is 50.2 Å². The van der Waals surface area contributed by atoms with Gasteiger partial charge in [0.25, 0.3) is 5.91 Å². The number of amides is 1. The lowest BCUT2D eigenvalue weighted by Crippen LogP contribution is -2.14. The van der Waals surface area contributed by atoms with Gasteiger partial charge in [0.15, 0.2) is 11.5 Å². The van der Waals surface area contributed by atoms with Crippen molar-refractivity contribution in [1.29, 1.82) is 0 Å². The number of nitrogens with zero attached hydrogens (tertiary/aromatic N) is 5. The summed E-state index contributed by atoms with van der Waals surface area (Å²) in [4.78, 5) is 16.7. The van der Waals surface area contributed by atoms with E-state index in [1.807, 2.05) is 32.0 Å². The van der Waals surface area contributed by atoms with E-state index in [-0.39, 0.29) is 5.91 Å². The Balaban J connectivity index is 1.58. The van der Waals surface area contributed by atoms with Crippen LogP contribution >= 0.6 is 11.6 Å². The molecule has 0 spiro atoms. The molecular formula is C18H15ClN6O. The summed E-state index contributed by atoms with van der Waals surface area (Å²) in [5, 5.41) is 12.1. The molecule has 130 valence electrons. The van der Waals surface area contributed by atoms with Crippen molar-refractivity contribution in [3.63, 3.8) is 0 Å². The van der Waals surface area contributed by atoms with Gasteiger partial charge in [0, 0.05) is 11.8 Å². The molecule has 0 bridgehead atoms. The number of imidazole rings is 1. The Morgan fingerprint density at radius 2 is 1.92 bits per heavy atom. The quantitative estimate of drug-likeness (QED) is 0.602. The fraction of sp³-hybridized carbons (Fsp3) is 0.111. The van der Waals surface area contributed by atoms with E-state index >= 15 is 0 Å². The van der Waals surface area contributed by atoms with Gasteiger partial charge in [-0.25, -0.2) is 9.67 Å². The molecule has 0 radical (unpaired) electrons. The lowest BCUT2D eigenvalue weighted by molar-refractivity contribution is 0.102. The standard InChI is InChI=1S/C18H15ClN6O/c1-11-17(19)12(2)24(23-11)14-7-5-13(6-8-14)18(26)22-16-10-20-15-4-3-9-21-25(15)16/h3-10H,1-2H3,(H,22,26). The largest absolute Gasteiger partial charge is 0.305 e. The van der Waals surface area contributed by atoms with E-state index in [4.69, 9.17) is 11.6 Å². The van der Waals surface area contributed by atoms with Gasteiger partial charge in [0.2, 0.25) is 0 Å². The maximum Gasteiger partial charge on any atom is 0.256 e. The molecule has 1 amide bonds. The number of hydrogen-bond donors (Lipinski definition) is 1. The Morgan fingerprint density at radius 3 is 2.62 bits per heavy atom. The fourth-order valence-corrected chi connectivity index (χ4v) is 2.85. The van der Waals surface area contributed by atoms with Crippen molar-refractivity contribution in [2.45, 2.75) is 13.8 Å². The molecule has 26 heavy (non-hydrogen) atoms. The third-order valence-electron chi connectivity index (χ3n) is 4.10. The number of fused-ring (bicyclic) bond motifs is 1. The summed E-state index contributed by atoms with van der Waals surface area (Å²) in [6.45, 7) is 3.76. The summed E-state index contributed by atoms with van der Waals surface area (Å²) in [5.74, 6) is 0.274. The van der Waals surface area contributed by atoms with Crippen molar-refractivity contribution in [3.8, 4) is 5.69 Å². The first-order valence-corrected chi connectivity index (χ1v) is 8.34. The summed E-state index contributed by atoms with van der Waals surface area (Å²) in [7, 11) is 0. The number of aromatic nitrogens is 5. The van der Waals surface area contributed by atoms with Crippen LogP contribution in [0.3, 0.4) is 0 Å². The van der Waals surface area contributed by atoms with Crippen LogP contribution in [0.2, 0.25) is 5.02 Å². The first-order valence-electron chi connectivity index (χ1n) is 7.97. The molecule has 0 unspecified atom stereocenters. The number of carbonyl (C=O) groups excluding carboxylic acids is 1. The van der Waals surface area contributed by atoms with Gasteiger partial charge in [0.1, 0.15) is 0 Å². The number of halogens is 1. The summed E-state index contributed by atoms with van der Waals surface area (Å²) >= 11 is 6.20. The Bertz CT molecular complexity index is 1110. The Labute approximate surface area is 154 Å². The van der Waals surface area contributed by atoms with Crippen LogP contribution in [-0.4, -0.2) is 30.3 Å². The third kappa shape index (κ3) is 2.72. The molecule has 0 saturated carbocycles. The van der Waals surface area contributed by atoms with Crippen LogP contribution < -0.4 is 5.32 Å². The first kappa shape index (κ1) is 16.3. The van der Waals surface area contributed by atoms with E-state index in [1.54, 1.807) is 39.8 Å². The zero-order valence-corrected chi connectivity index (χ0v) is 14.9. The number of carbonyl (C=O) groups is 1. The second kappa shape index (κ2) is 6.27. The Morgan fingerprint density at radius 1 is 1.15 bits per heavy atom. The van der Waals surface area contributed by atoms with Crippen molar-refractivity contribution in [1.82, 2.24) is 24.4 Å². The van der Waals surface area contributed by atoms with Gasteiger partial charge >= 0.3 is 0 Å². The maximum absolute atomic E-state index is 12.5. The molecule has 1 aromatic carbocycles. The molecule has 7 nitrogen and oxygen atoms in total. The Hall–Kier alpha value is -3.19. The van der Waals surface area contributed by atoms with Gasteiger partial charge in [-0.15, -0.1) is 0 Å². The average Bonchev–Trinajstić information content (AvgIpc) is 3.18. The fourth-order valence-electron chi connectivity index (χ4n) is 2.73. The highest BCUT2D eigenvalue weighted by Crippen LogP contribution is 2.22. The van der Waals surface area contributed by atoms with Crippen LogP contribution in [-0.2, 0) is 0 Å². The van der Waals surface area contributed by atoms with E-state index in [1.165, 1.54) is 0 Å². The normalized spacial score (nSPS) is 11.0. The van der Waals surface area contributed by atoms with Crippen LogP contribution in [0, 0.1) is 13.8 Å². The summed E-state index contributed by atoms with van der Waals surface area (Å²) in [5.41, 5.74) is 3.65. The van der Waals surface area contributed by atoms with Crippen LogP contribution in [0.5, 0.6) is 0 Å². The number of rotatable bonds is 3. The van der Waals surface area contributed by atoms with Crippen LogP contribution in [0.25, 0.3) is 11.3 Å². The number of benzene rings is 1. The minimum Gasteiger partial charge on any atom is -0.305 e. The molecule has 0 aliphatic heterocycles. The van der Waals surface area contributed by atoms with Crippen molar-refractivity contribution in [3.05, 3.63) is 70.8 Å². The number of aryl methyl sites for hydroxylation is 1. The molecular weight excluding hydrogens is 352 g/mol. The van der Waals surface area contributed by atoms with Gasteiger partial charge in [-0.1, -0.05) is 11.6 Å². The predicted octanol–water partition coefficient (Wildman–Crippen LogP) is 3.44. The molecule has 0 saturated heterocycles. The highest BCUT2D eigenvalue weighted by Gasteiger charge is 2.13. The van der Waals surface area contributed by atoms with Crippen molar-refractivity contribution >= 4 is 29.0 Å². The summed E-state index contributed by atoms with van der Waals surface area (Å²) in [6.07, 6.45) is 3.21. The highest BCUT2D eigenvalue weighted by atomic mass is 35.5. The van der Waals surface area contributed by atoms with E-state index in [0.717, 1.165) is 17.1 Å². The average molecular weight is 367 g/mol. The van der Waals surface area contributed by atoms with Crippen LogP contribution in [0.1, 0.15) is 21.7 Å². The van der Waals surface area contributed by atoms with Crippen molar-refractivity contribution < 1.29 is 4.79 Å². The minimum absolute atomic E-state index is 0.240. The highest BCUT2D eigenvalue weighted by molar-refractivity contribution is 6.31. The smallest absolute Gasteiger partial charge is 0.256 e. The number of nitrogens with one attached hydrogen (secondary N) is 1. The van der Waals surface area contributed by atoms with Crippen LogP contribution in [0.4, 0.5) is 5.82 Å². The zero-order valence-electron chi connectivity index (χ0n) is 14.1. The molecule has 0 atom stereocenters. The second-order valence-electron chi connectivity index (χ2n) is 5.83.